The first kappa shape index (κ1) is 17.7. The Balaban J connectivity index is 1.84. The Hall–Kier alpha value is -2.11. The number of anilines is 1. The van der Waals surface area contributed by atoms with Crippen molar-refractivity contribution in [1.82, 2.24) is 0 Å². The van der Waals surface area contributed by atoms with Gasteiger partial charge in [-0.1, -0.05) is 52.3 Å². The lowest BCUT2D eigenvalue weighted by Gasteiger charge is -2.09. The van der Waals surface area contributed by atoms with Crippen LogP contribution in [0.1, 0.15) is 5.56 Å². The molecule has 0 aliphatic heterocycles. The molecule has 0 saturated carbocycles. The maximum Gasteiger partial charge on any atom is 0.248 e. The third kappa shape index (κ3) is 4.11. The van der Waals surface area contributed by atoms with Crippen LogP contribution in [0.15, 0.2) is 69.6 Å². The molecule has 25 heavy (non-hydrogen) atoms. The first-order valence-corrected chi connectivity index (χ1v) is 9.17. The van der Waals surface area contributed by atoms with Crippen LogP contribution in [0, 0.1) is 0 Å². The van der Waals surface area contributed by atoms with Gasteiger partial charge in [-0.2, -0.15) is 0 Å². The van der Waals surface area contributed by atoms with Gasteiger partial charge < -0.3 is 10.1 Å². The van der Waals surface area contributed by atoms with Crippen molar-refractivity contribution in [2.45, 2.75) is 0 Å². The van der Waals surface area contributed by atoms with Crippen LogP contribution in [0.5, 0.6) is 5.75 Å². The minimum Gasteiger partial charge on any atom is -0.495 e. The minimum atomic E-state index is -0.200. The van der Waals surface area contributed by atoms with Crippen LogP contribution in [0.25, 0.3) is 16.8 Å². The summed E-state index contributed by atoms with van der Waals surface area (Å²) < 4.78 is 7.10. The SMILES string of the molecule is COc1c(Br)cc(Br)cc1/C=C/C(=O)Nc1cccc2ccccc12. The molecule has 0 aromatic heterocycles. The molecule has 3 nitrogen and oxygen atoms in total. The Labute approximate surface area is 163 Å². The third-order valence-electron chi connectivity index (χ3n) is 3.70. The zero-order valence-corrected chi connectivity index (χ0v) is 16.6. The Morgan fingerprint density at radius 2 is 1.84 bits per heavy atom. The number of methoxy groups -OCH3 is 1. The molecule has 0 fully saturated rings. The summed E-state index contributed by atoms with van der Waals surface area (Å²) >= 11 is 6.90. The predicted molar refractivity (Wildman–Crippen MR) is 110 cm³/mol. The molecule has 126 valence electrons. The maximum atomic E-state index is 12.3. The largest absolute Gasteiger partial charge is 0.495 e. The van der Waals surface area contributed by atoms with E-state index in [1.807, 2.05) is 54.6 Å². The number of fused-ring (bicyclic) bond motifs is 1. The van der Waals surface area contributed by atoms with Crippen molar-refractivity contribution < 1.29 is 9.53 Å². The number of halogens is 2. The molecule has 0 unspecified atom stereocenters. The lowest BCUT2D eigenvalue weighted by Crippen LogP contribution is -2.08. The molecule has 5 heteroatoms. The summed E-state index contributed by atoms with van der Waals surface area (Å²) in [5.74, 6) is 0.479. The average molecular weight is 461 g/mol. The van der Waals surface area contributed by atoms with Crippen molar-refractivity contribution in [2.24, 2.45) is 0 Å². The van der Waals surface area contributed by atoms with Crippen LogP contribution < -0.4 is 10.1 Å². The molecule has 1 N–H and O–H groups in total. The van der Waals surface area contributed by atoms with E-state index in [0.29, 0.717) is 5.75 Å². The number of amides is 1. The van der Waals surface area contributed by atoms with E-state index in [1.165, 1.54) is 6.08 Å². The van der Waals surface area contributed by atoms with Gasteiger partial charge in [-0.15, -0.1) is 0 Å². The third-order valence-corrected chi connectivity index (χ3v) is 4.75. The standard InChI is InChI=1S/C20H15Br2NO2/c1-25-20-14(11-15(21)12-17(20)22)9-10-19(24)23-18-8-4-6-13-5-2-3-7-16(13)18/h2-12H,1H3,(H,23,24)/b10-9+. The Bertz CT molecular complexity index is 962. The summed E-state index contributed by atoms with van der Waals surface area (Å²) in [5, 5.41) is 5.03. The average Bonchev–Trinajstić information content (AvgIpc) is 2.60. The normalized spacial score (nSPS) is 11.0. The number of benzene rings is 3. The second kappa shape index (κ2) is 7.85. The Kier molecular flexibility index (Phi) is 5.56. The number of rotatable bonds is 4. The Morgan fingerprint density at radius 3 is 2.64 bits per heavy atom. The number of hydrogen-bond acceptors (Lipinski definition) is 2. The van der Waals surface area contributed by atoms with Crippen molar-refractivity contribution in [1.29, 1.82) is 0 Å². The quantitative estimate of drug-likeness (QED) is 0.483. The van der Waals surface area contributed by atoms with E-state index in [2.05, 4.69) is 37.2 Å². The van der Waals surface area contributed by atoms with Gasteiger partial charge in [0.05, 0.1) is 11.6 Å². The number of ether oxygens (including phenoxy) is 1. The van der Waals surface area contributed by atoms with Crippen LogP contribution in [0.2, 0.25) is 0 Å². The van der Waals surface area contributed by atoms with Gasteiger partial charge in [0.15, 0.2) is 0 Å². The van der Waals surface area contributed by atoms with Gasteiger partial charge in [0.25, 0.3) is 0 Å². The zero-order chi connectivity index (χ0) is 17.8. The van der Waals surface area contributed by atoms with Gasteiger partial charge in [-0.3, -0.25) is 4.79 Å². The topological polar surface area (TPSA) is 38.3 Å². The number of carbonyl (C=O) groups excluding carboxylic acids is 1. The van der Waals surface area contributed by atoms with Gasteiger partial charge in [0.2, 0.25) is 5.91 Å². The second-order valence-corrected chi connectivity index (χ2v) is 7.13. The van der Waals surface area contributed by atoms with Gasteiger partial charge in [0, 0.05) is 27.2 Å². The molecule has 0 atom stereocenters. The van der Waals surface area contributed by atoms with Crippen molar-refractivity contribution >= 4 is 60.3 Å². The molecule has 1 amide bonds. The number of carbonyl (C=O) groups is 1. The summed E-state index contributed by atoms with van der Waals surface area (Å²) in [6.45, 7) is 0. The smallest absolute Gasteiger partial charge is 0.248 e. The monoisotopic (exact) mass is 459 g/mol. The van der Waals surface area contributed by atoms with Crippen LogP contribution in [0.4, 0.5) is 5.69 Å². The highest BCUT2D eigenvalue weighted by Gasteiger charge is 2.08. The molecule has 3 aromatic carbocycles. The molecule has 0 radical (unpaired) electrons. The molecule has 3 rings (SSSR count). The van der Waals surface area contributed by atoms with Gasteiger partial charge in [-0.05, 0) is 45.6 Å². The van der Waals surface area contributed by atoms with Crippen molar-refractivity contribution in [3.8, 4) is 5.75 Å². The first-order chi connectivity index (χ1) is 12.1. The highest BCUT2D eigenvalue weighted by Crippen LogP contribution is 2.33. The van der Waals surface area contributed by atoms with Crippen LogP contribution in [-0.2, 0) is 4.79 Å². The lowest BCUT2D eigenvalue weighted by molar-refractivity contribution is -0.111. The van der Waals surface area contributed by atoms with E-state index >= 15 is 0 Å². The Morgan fingerprint density at radius 1 is 1.08 bits per heavy atom. The number of hydrogen-bond donors (Lipinski definition) is 1. The molecule has 0 bridgehead atoms. The highest BCUT2D eigenvalue weighted by atomic mass is 79.9. The number of nitrogens with one attached hydrogen (secondary N) is 1. The molecule has 0 saturated heterocycles. The van der Waals surface area contributed by atoms with Gasteiger partial charge >= 0.3 is 0 Å². The van der Waals surface area contributed by atoms with Crippen molar-refractivity contribution in [3.05, 3.63) is 75.2 Å². The molecular weight excluding hydrogens is 446 g/mol. The first-order valence-electron chi connectivity index (χ1n) is 7.58. The highest BCUT2D eigenvalue weighted by molar-refractivity contribution is 9.11. The summed E-state index contributed by atoms with van der Waals surface area (Å²) in [6, 6.07) is 17.6. The van der Waals surface area contributed by atoms with Gasteiger partial charge in [-0.25, -0.2) is 0 Å². The summed E-state index contributed by atoms with van der Waals surface area (Å²) in [7, 11) is 1.60. The molecule has 3 aromatic rings. The molecular formula is C20H15Br2NO2. The van der Waals surface area contributed by atoms with Crippen molar-refractivity contribution in [3.63, 3.8) is 0 Å². The minimum absolute atomic E-state index is 0.200. The van der Waals surface area contributed by atoms with E-state index < -0.39 is 0 Å². The van der Waals surface area contributed by atoms with E-state index in [0.717, 1.165) is 31.0 Å². The van der Waals surface area contributed by atoms with Crippen molar-refractivity contribution in [2.75, 3.05) is 12.4 Å². The molecule has 0 heterocycles. The van der Waals surface area contributed by atoms with E-state index in [9.17, 15) is 4.79 Å². The van der Waals surface area contributed by atoms with Crippen LogP contribution in [0.3, 0.4) is 0 Å². The van der Waals surface area contributed by atoms with E-state index in [1.54, 1.807) is 13.2 Å². The molecule has 0 aliphatic rings. The van der Waals surface area contributed by atoms with Crippen LogP contribution in [-0.4, -0.2) is 13.0 Å². The second-order valence-electron chi connectivity index (χ2n) is 5.36. The summed E-state index contributed by atoms with van der Waals surface area (Å²) in [6.07, 6.45) is 3.23. The van der Waals surface area contributed by atoms with Crippen LogP contribution >= 0.6 is 31.9 Å². The fourth-order valence-corrected chi connectivity index (χ4v) is 4.01. The fourth-order valence-electron chi connectivity index (χ4n) is 2.59. The lowest BCUT2D eigenvalue weighted by atomic mass is 10.1. The predicted octanol–water partition coefficient (Wildman–Crippen LogP) is 6.03. The molecule has 0 aliphatic carbocycles. The molecule has 0 spiro atoms. The summed E-state index contributed by atoms with van der Waals surface area (Å²) in [4.78, 5) is 12.3. The maximum absolute atomic E-state index is 12.3. The zero-order valence-electron chi connectivity index (χ0n) is 13.4. The fraction of sp³-hybridized carbons (Fsp3) is 0.0500. The van der Waals surface area contributed by atoms with Gasteiger partial charge in [0.1, 0.15) is 5.75 Å². The van der Waals surface area contributed by atoms with E-state index in [-0.39, 0.29) is 5.91 Å². The summed E-state index contributed by atoms with van der Waals surface area (Å²) in [5.41, 5.74) is 1.59. The van der Waals surface area contributed by atoms with E-state index in [4.69, 9.17) is 4.74 Å².